The smallest absolute Gasteiger partial charge is 0.293 e. The van der Waals surface area contributed by atoms with E-state index in [0.717, 1.165) is 36.8 Å². The average molecular weight is 515 g/mol. The van der Waals surface area contributed by atoms with Crippen molar-refractivity contribution < 1.29 is 14.7 Å². The number of amides is 1. The maximum absolute atomic E-state index is 13.0. The molecule has 1 aliphatic rings. The first-order valence-electron chi connectivity index (χ1n) is 12.0. The summed E-state index contributed by atoms with van der Waals surface area (Å²) >= 11 is 6.41. The summed E-state index contributed by atoms with van der Waals surface area (Å²) in [5, 5.41) is 14.1. The minimum Gasteiger partial charge on any atom is -0.478 e. The van der Waals surface area contributed by atoms with E-state index in [9.17, 15) is 14.8 Å². The Hall–Kier alpha value is -3.37. The van der Waals surface area contributed by atoms with E-state index in [0.29, 0.717) is 33.5 Å². The Morgan fingerprint density at radius 3 is 2.69 bits per heavy atom. The fraction of sp³-hybridized carbons (Fsp3) is 0.440. The summed E-state index contributed by atoms with van der Waals surface area (Å²) in [7, 11) is 1.20. The largest absolute Gasteiger partial charge is 0.478 e. The Kier molecular flexibility index (Phi) is 7.65. The summed E-state index contributed by atoms with van der Waals surface area (Å²) in [4.78, 5) is 36.0. The van der Waals surface area contributed by atoms with Crippen molar-refractivity contribution in [1.29, 1.82) is 0 Å². The van der Waals surface area contributed by atoms with Gasteiger partial charge < -0.3 is 19.5 Å². The molecule has 0 aliphatic carbocycles. The third-order valence-electron chi connectivity index (χ3n) is 6.29. The molecule has 1 saturated heterocycles. The molecule has 2 N–H and O–H groups in total. The number of halogens is 1. The van der Waals surface area contributed by atoms with Crippen molar-refractivity contribution in [3.05, 3.63) is 45.8 Å². The van der Waals surface area contributed by atoms with Gasteiger partial charge in [-0.3, -0.25) is 14.8 Å². The van der Waals surface area contributed by atoms with E-state index in [4.69, 9.17) is 16.3 Å². The summed E-state index contributed by atoms with van der Waals surface area (Å²) in [5.41, 5.74) is 1.08. The van der Waals surface area contributed by atoms with E-state index >= 15 is 0 Å². The highest BCUT2D eigenvalue weighted by Crippen LogP contribution is 2.29. The van der Waals surface area contributed by atoms with E-state index in [1.807, 2.05) is 32.0 Å². The van der Waals surface area contributed by atoms with Gasteiger partial charge >= 0.3 is 0 Å². The molecular formula is C25H31ClN6O4. The zero-order chi connectivity index (χ0) is 26.0. The monoisotopic (exact) mass is 514 g/mol. The van der Waals surface area contributed by atoms with Crippen LogP contribution in [0.2, 0.25) is 5.02 Å². The van der Waals surface area contributed by atoms with Gasteiger partial charge in [0, 0.05) is 37.3 Å². The van der Waals surface area contributed by atoms with E-state index in [-0.39, 0.29) is 17.4 Å². The third-order valence-corrected chi connectivity index (χ3v) is 6.57. The molecule has 0 spiro atoms. The highest BCUT2D eigenvalue weighted by atomic mass is 35.5. The normalized spacial score (nSPS) is 14.4. The van der Waals surface area contributed by atoms with Crippen molar-refractivity contribution in [2.45, 2.75) is 39.7 Å². The summed E-state index contributed by atoms with van der Waals surface area (Å²) in [6.07, 6.45) is 3.80. The standard InChI is InChI=1S/C25H31ClN6O4/c1-15(2)32-20-6-5-18(11-17(20)12-21(24(32)34)36-14-22(33)30(4)35)28-23-19(26)13-27-25(29-23)31-9-7-16(3)8-10-31/h5-6,11-13,15-16,35H,7-10,14H2,1-4H3,(H,27,28,29). The Balaban J connectivity index is 1.66. The van der Waals surface area contributed by atoms with E-state index < -0.39 is 12.5 Å². The second-order valence-electron chi connectivity index (χ2n) is 9.42. The van der Waals surface area contributed by atoms with Crippen molar-refractivity contribution >= 4 is 45.9 Å². The molecule has 0 unspecified atom stereocenters. The van der Waals surface area contributed by atoms with Gasteiger partial charge in [-0.15, -0.1) is 0 Å². The minimum atomic E-state index is -0.668. The first-order valence-corrected chi connectivity index (χ1v) is 12.3. The quantitative estimate of drug-likeness (QED) is 0.356. The molecule has 0 radical (unpaired) electrons. The lowest BCUT2D eigenvalue weighted by molar-refractivity contribution is -0.161. The predicted octanol–water partition coefficient (Wildman–Crippen LogP) is 4.23. The number of nitrogens with zero attached hydrogens (tertiary/aromatic N) is 5. The molecule has 10 nitrogen and oxygen atoms in total. The molecule has 3 aromatic rings. The predicted molar refractivity (Wildman–Crippen MR) is 140 cm³/mol. The molecule has 3 heterocycles. The number of fused-ring (bicyclic) bond motifs is 1. The number of rotatable bonds is 7. The first-order chi connectivity index (χ1) is 17.1. The molecule has 0 bridgehead atoms. The van der Waals surface area contributed by atoms with Crippen LogP contribution in [-0.2, 0) is 4.79 Å². The van der Waals surface area contributed by atoms with Crippen LogP contribution < -0.4 is 20.5 Å². The molecule has 192 valence electrons. The molecule has 36 heavy (non-hydrogen) atoms. The number of hydrogen-bond donors (Lipinski definition) is 2. The zero-order valence-electron chi connectivity index (χ0n) is 20.9. The number of aromatic nitrogens is 3. The van der Waals surface area contributed by atoms with Gasteiger partial charge in [-0.25, -0.2) is 10.0 Å². The van der Waals surface area contributed by atoms with Crippen molar-refractivity contribution in [3.63, 3.8) is 0 Å². The number of benzene rings is 1. The van der Waals surface area contributed by atoms with Crippen LogP contribution in [0.25, 0.3) is 10.9 Å². The molecular weight excluding hydrogens is 484 g/mol. The van der Waals surface area contributed by atoms with Crippen molar-refractivity contribution in [3.8, 4) is 5.75 Å². The number of anilines is 3. The first kappa shape index (κ1) is 25.7. The van der Waals surface area contributed by atoms with Gasteiger partial charge in [0.15, 0.2) is 18.2 Å². The summed E-state index contributed by atoms with van der Waals surface area (Å²) in [6, 6.07) is 7.00. The molecule has 11 heteroatoms. The number of carbonyl (C=O) groups excluding carboxylic acids is 1. The van der Waals surface area contributed by atoms with Gasteiger partial charge in [-0.05, 0) is 56.9 Å². The van der Waals surface area contributed by atoms with Crippen LogP contribution in [0.1, 0.15) is 39.7 Å². The van der Waals surface area contributed by atoms with Crippen molar-refractivity contribution in [2.24, 2.45) is 5.92 Å². The topological polar surface area (TPSA) is 113 Å². The van der Waals surface area contributed by atoms with Crippen LogP contribution in [0.5, 0.6) is 5.75 Å². The number of nitrogens with one attached hydrogen (secondary N) is 1. The van der Waals surface area contributed by atoms with Gasteiger partial charge in [0.1, 0.15) is 5.02 Å². The van der Waals surface area contributed by atoms with Crippen LogP contribution in [0.3, 0.4) is 0 Å². The van der Waals surface area contributed by atoms with Gasteiger partial charge in [0.05, 0.1) is 11.7 Å². The van der Waals surface area contributed by atoms with E-state index in [1.54, 1.807) is 16.8 Å². The molecule has 0 atom stereocenters. The van der Waals surface area contributed by atoms with Gasteiger partial charge in [-0.2, -0.15) is 4.98 Å². The van der Waals surface area contributed by atoms with Crippen molar-refractivity contribution in [2.75, 3.05) is 37.0 Å². The fourth-order valence-electron chi connectivity index (χ4n) is 4.19. The van der Waals surface area contributed by atoms with Crippen LogP contribution in [0, 0.1) is 5.92 Å². The lowest BCUT2D eigenvalue weighted by atomic mass is 10.00. The number of hydroxylamine groups is 2. The van der Waals surface area contributed by atoms with Crippen LogP contribution >= 0.6 is 11.6 Å². The lowest BCUT2D eigenvalue weighted by Crippen LogP contribution is -2.34. The summed E-state index contributed by atoms with van der Waals surface area (Å²) in [5.74, 6) is 1.18. The number of pyridine rings is 1. The maximum Gasteiger partial charge on any atom is 0.293 e. The van der Waals surface area contributed by atoms with Gasteiger partial charge in [0.2, 0.25) is 5.95 Å². The van der Waals surface area contributed by atoms with Crippen LogP contribution in [-0.4, -0.2) is 57.5 Å². The lowest BCUT2D eigenvalue weighted by Gasteiger charge is -2.30. The fourth-order valence-corrected chi connectivity index (χ4v) is 4.33. The molecule has 0 saturated carbocycles. The number of carbonyl (C=O) groups is 1. The van der Waals surface area contributed by atoms with E-state index in [2.05, 4.69) is 27.1 Å². The SMILES string of the molecule is CC1CCN(c2ncc(Cl)c(Nc3ccc4c(c3)cc(OCC(=O)N(C)O)c(=O)n4C(C)C)n2)CC1. The number of hydrogen-bond acceptors (Lipinski definition) is 8. The third kappa shape index (κ3) is 5.55. The highest BCUT2D eigenvalue weighted by Gasteiger charge is 2.20. The minimum absolute atomic E-state index is 0.0187. The van der Waals surface area contributed by atoms with Crippen LogP contribution in [0.15, 0.2) is 35.3 Å². The van der Waals surface area contributed by atoms with Gasteiger partial charge in [-0.1, -0.05) is 18.5 Å². The second kappa shape index (κ2) is 10.7. The van der Waals surface area contributed by atoms with Crippen LogP contribution in [0.4, 0.5) is 17.5 Å². The molecule has 1 fully saturated rings. The molecule has 1 aliphatic heterocycles. The summed E-state index contributed by atoms with van der Waals surface area (Å²) < 4.78 is 7.08. The Bertz CT molecular complexity index is 1320. The number of ether oxygens (including phenoxy) is 1. The Morgan fingerprint density at radius 2 is 2.03 bits per heavy atom. The average Bonchev–Trinajstić information content (AvgIpc) is 2.84. The Morgan fingerprint density at radius 1 is 1.31 bits per heavy atom. The summed E-state index contributed by atoms with van der Waals surface area (Å²) in [6.45, 7) is 7.40. The van der Waals surface area contributed by atoms with Crippen molar-refractivity contribution in [1.82, 2.24) is 19.6 Å². The maximum atomic E-state index is 13.0. The Labute approximate surface area is 214 Å². The molecule has 1 aromatic carbocycles. The number of piperidine rings is 1. The second-order valence-corrected chi connectivity index (χ2v) is 9.83. The molecule has 4 rings (SSSR count). The van der Waals surface area contributed by atoms with Gasteiger partial charge in [0.25, 0.3) is 11.5 Å². The van der Waals surface area contributed by atoms with E-state index in [1.165, 1.54) is 7.05 Å². The number of likely N-dealkylation sites (N-methyl/N-ethyl adjacent to an activating group) is 1. The molecule has 1 amide bonds. The highest BCUT2D eigenvalue weighted by molar-refractivity contribution is 6.32. The molecule has 2 aromatic heterocycles. The zero-order valence-corrected chi connectivity index (χ0v) is 21.6.